The van der Waals surface area contributed by atoms with E-state index in [9.17, 15) is 19.1 Å². The van der Waals surface area contributed by atoms with Gasteiger partial charge < -0.3 is 9.79 Å². The molecule has 22 heavy (non-hydrogen) atoms. The summed E-state index contributed by atoms with van der Waals surface area (Å²) in [5, 5.41) is -0.227. The maximum atomic E-state index is 12.7. The molecule has 111 valence electrons. The molecule has 0 bridgehead atoms. The Kier molecular flexibility index (Phi) is 6.34. The predicted octanol–water partition coefficient (Wildman–Crippen LogP) is 2.27. The summed E-state index contributed by atoms with van der Waals surface area (Å²) in [4.78, 5) is 31.5. The average Bonchev–Trinajstić information content (AvgIpc) is 2.36. The van der Waals surface area contributed by atoms with E-state index in [-0.39, 0.29) is 46.2 Å². The van der Waals surface area contributed by atoms with Crippen LogP contribution in [0.15, 0.2) is 36.4 Å². The molecule has 0 saturated carbocycles. The van der Waals surface area contributed by atoms with Crippen LogP contribution in [0.4, 0.5) is 0 Å². The Morgan fingerprint density at radius 2 is 1.50 bits per heavy atom. The van der Waals surface area contributed by atoms with Crippen LogP contribution in [0.2, 0.25) is 0 Å². The van der Waals surface area contributed by atoms with Gasteiger partial charge in [0.1, 0.15) is 0 Å². The fraction of sp³-hybridized carbons (Fsp3) is 0.188. The smallest absolute Gasteiger partial charge is 0.321 e. The summed E-state index contributed by atoms with van der Waals surface area (Å²) in [6.07, 6.45) is 0. The number of aryl methyl sites for hydroxylation is 3. The van der Waals surface area contributed by atoms with E-state index >= 15 is 0 Å². The Morgan fingerprint density at radius 1 is 1.00 bits per heavy atom. The van der Waals surface area contributed by atoms with Crippen molar-refractivity contribution in [3.8, 4) is 0 Å². The van der Waals surface area contributed by atoms with Crippen LogP contribution >= 0.6 is 7.60 Å². The monoisotopic (exact) mass is 327 g/mol. The first-order valence-electron chi connectivity index (χ1n) is 6.49. The van der Waals surface area contributed by atoms with Gasteiger partial charge in [0, 0.05) is 40.7 Å². The van der Waals surface area contributed by atoms with Crippen molar-refractivity contribution in [2.75, 3.05) is 0 Å². The van der Waals surface area contributed by atoms with Crippen molar-refractivity contribution >= 4 is 48.2 Å². The van der Waals surface area contributed by atoms with E-state index in [1.807, 2.05) is 32.9 Å². The molecular formula is C16H17NaO4P. The van der Waals surface area contributed by atoms with Crippen LogP contribution in [0.5, 0.6) is 0 Å². The number of carbonyl (C=O) groups excluding carboxylic acids is 1. The van der Waals surface area contributed by atoms with Gasteiger partial charge >= 0.3 is 7.60 Å². The molecule has 2 N–H and O–H groups in total. The minimum absolute atomic E-state index is 0. The minimum Gasteiger partial charge on any atom is -0.321 e. The van der Waals surface area contributed by atoms with Gasteiger partial charge in [0.05, 0.1) is 5.30 Å². The van der Waals surface area contributed by atoms with Crippen LogP contribution < -0.4 is 5.30 Å². The van der Waals surface area contributed by atoms with Crippen molar-refractivity contribution in [1.29, 1.82) is 0 Å². The second kappa shape index (κ2) is 7.22. The number of ketones is 1. The Balaban J connectivity index is 0.00000242. The Morgan fingerprint density at radius 3 is 2.00 bits per heavy atom. The molecule has 0 heterocycles. The zero-order chi connectivity index (χ0) is 15.8. The molecule has 0 aromatic heterocycles. The molecule has 6 heteroatoms. The molecule has 1 radical (unpaired) electrons. The Hall–Kier alpha value is -0.740. The molecule has 4 nitrogen and oxygen atoms in total. The standard InChI is InChI=1S/C16H17O4P.Na/c1-10-8-11(2)15(12(3)9-10)16(17)13-6-4-5-7-14(13)21(18,19)20;/h4-9H,1-3H3,(H2,18,19,20);. The third kappa shape index (κ3) is 3.96. The van der Waals surface area contributed by atoms with Gasteiger partial charge in [-0.25, -0.2) is 0 Å². The van der Waals surface area contributed by atoms with Crippen molar-refractivity contribution in [2.45, 2.75) is 20.8 Å². The molecule has 0 fully saturated rings. The molecule has 0 spiro atoms. The van der Waals surface area contributed by atoms with Crippen LogP contribution in [0.1, 0.15) is 32.6 Å². The molecule has 0 amide bonds. The summed E-state index contributed by atoms with van der Waals surface area (Å²) in [6.45, 7) is 5.60. The number of hydrogen-bond donors (Lipinski definition) is 2. The van der Waals surface area contributed by atoms with E-state index in [1.54, 1.807) is 6.07 Å². The summed E-state index contributed by atoms with van der Waals surface area (Å²) >= 11 is 0. The van der Waals surface area contributed by atoms with Crippen molar-refractivity contribution in [3.05, 3.63) is 64.2 Å². The fourth-order valence-corrected chi connectivity index (χ4v) is 3.36. The Labute approximate surface area is 152 Å². The number of carbonyl (C=O) groups is 1. The normalized spacial score (nSPS) is 11.0. The van der Waals surface area contributed by atoms with Gasteiger partial charge in [0.25, 0.3) is 0 Å². The zero-order valence-electron chi connectivity index (χ0n) is 13.1. The second-order valence-corrected chi connectivity index (χ2v) is 6.73. The number of hydrogen-bond acceptors (Lipinski definition) is 2. The van der Waals surface area contributed by atoms with Gasteiger partial charge in [-0.15, -0.1) is 0 Å². The SMILES string of the molecule is Cc1cc(C)c(C(=O)c2ccccc2P(=O)(O)O)c(C)c1.[Na]. The maximum Gasteiger partial charge on any atom is 0.356 e. The molecule has 2 aromatic carbocycles. The summed E-state index contributed by atoms with van der Waals surface area (Å²) < 4.78 is 11.6. The molecule has 2 aromatic rings. The molecular weight excluding hydrogens is 310 g/mol. The minimum atomic E-state index is -4.49. The summed E-state index contributed by atoms with van der Waals surface area (Å²) in [5.41, 5.74) is 3.21. The van der Waals surface area contributed by atoms with Gasteiger partial charge in [0.2, 0.25) is 0 Å². The van der Waals surface area contributed by atoms with E-state index in [4.69, 9.17) is 0 Å². The van der Waals surface area contributed by atoms with E-state index in [1.165, 1.54) is 18.2 Å². The first-order chi connectivity index (χ1) is 9.71. The molecule has 0 aliphatic carbocycles. The second-order valence-electron chi connectivity index (χ2n) is 5.16. The summed E-state index contributed by atoms with van der Waals surface area (Å²) in [6, 6.07) is 9.65. The van der Waals surface area contributed by atoms with Crippen LogP contribution in [-0.2, 0) is 4.57 Å². The molecule has 0 unspecified atom stereocenters. The average molecular weight is 327 g/mol. The van der Waals surface area contributed by atoms with Crippen molar-refractivity contribution in [3.63, 3.8) is 0 Å². The van der Waals surface area contributed by atoms with Gasteiger partial charge in [-0.3, -0.25) is 9.36 Å². The first-order valence-corrected chi connectivity index (χ1v) is 8.10. The zero-order valence-corrected chi connectivity index (χ0v) is 16.0. The summed E-state index contributed by atoms with van der Waals surface area (Å²) in [7, 11) is -4.49. The van der Waals surface area contributed by atoms with Gasteiger partial charge in [0.15, 0.2) is 5.78 Å². The fourth-order valence-electron chi connectivity index (χ4n) is 2.59. The first kappa shape index (κ1) is 19.3. The van der Waals surface area contributed by atoms with E-state index in [0.717, 1.165) is 16.7 Å². The molecule has 0 atom stereocenters. The maximum absolute atomic E-state index is 12.7. The number of rotatable bonds is 3. The van der Waals surface area contributed by atoms with E-state index in [0.29, 0.717) is 5.56 Å². The topological polar surface area (TPSA) is 74.6 Å². The van der Waals surface area contributed by atoms with Crippen LogP contribution in [0, 0.1) is 20.8 Å². The van der Waals surface area contributed by atoms with Crippen molar-refractivity contribution in [2.24, 2.45) is 0 Å². The van der Waals surface area contributed by atoms with Gasteiger partial charge in [-0.05, 0) is 38.0 Å². The van der Waals surface area contributed by atoms with Crippen LogP contribution in [0.3, 0.4) is 0 Å². The summed E-state index contributed by atoms with van der Waals surface area (Å²) in [5.74, 6) is -0.357. The molecule has 0 saturated heterocycles. The van der Waals surface area contributed by atoms with Crippen molar-refractivity contribution < 1.29 is 19.1 Å². The van der Waals surface area contributed by atoms with E-state index in [2.05, 4.69) is 0 Å². The van der Waals surface area contributed by atoms with Crippen LogP contribution in [-0.4, -0.2) is 45.1 Å². The Bertz CT molecular complexity index is 741. The quantitative estimate of drug-likeness (QED) is 0.515. The van der Waals surface area contributed by atoms with Crippen molar-refractivity contribution in [1.82, 2.24) is 0 Å². The largest absolute Gasteiger partial charge is 0.356 e. The third-order valence-electron chi connectivity index (χ3n) is 3.37. The number of benzene rings is 2. The van der Waals surface area contributed by atoms with Gasteiger partial charge in [-0.1, -0.05) is 35.9 Å². The molecule has 2 rings (SSSR count). The predicted molar refractivity (Wildman–Crippen MR) is 88.0 cm³/mol. The van der Waals surface area contributed by atoms with E-state index < -0.39 is 7.60 Å². The third-order valence-corrected chi connectivity index (χ3v) is 4.38. The van der Waals surface area contributed by atoms with Gasteiger partial charge in [-0.2, -0.15) is 0 Å². The van der Waals surface area contributed by atoms with Crippen LogP contribution in [0.25, 0.3) is 0 Å². The molecule has 0 aliphatic heterocycles. The molecule has 0 aliphatic rings.